The van der Waals surface area contributed by atoms with E-state index in [-0.39, 0.29) is 42.8 Å². The Morgan fingerprint density at radius 3 is 2.97 bits per heavy atom. The molecule has 3 heterocycles. The van der Waals surface area contributed by atoms with Crippen molar-refractivity contribution < 1.29 is 23.8 Å². The third-order valence-corrected chi connectivity index (χ3v) is 7.56. The molecule has 2 bridgehead atoms. The molecule has 1 aromatic heterocycles. The second-order valence-electron chi connectivity index (χ2n) is 9.37. The number of carbonyl (C=O) groups is 2. The van der Waals surface area contributed by atoms with Crippen LogP contribution in [0.25, 0.3) is 0 Å². The van der Waals surface area contributed by atoms with Gasteiger partial charge >= 0.3 is 0 Å². The maximum absolute atomic E-state index is 13.3. The molecule has 2 aliphatic heterocycles. The summed E-state index contributed by atoms with van der Waals surface area (Å²) in [6, 6.07) is 2.01. The Kier molecular flexibility index (Phi) is 5.27. The molecule has 1 aromatic rings. The Balaban J connectivity index is 1.47. The zero-order valence-corrected chi connectivity index (χ0v) is 17.5. The molecule has 1 N–H and O–H groups in total. The van der Waals surface area contributed by atoms with Crippen LogP contribution in [0, 0.1) is 18.8 Å². The van der Waals surface area contributed by atoms with Gasteiger partial charge in [0.25, 0.3) is 0 Å². The molecule has 3 fully saturated rings. The number of hydrogen-bond acceptors (Lipinski definition) is 6. The minimum Gasteiger partial charge on any atom is -0.469 e. The summed E-state index contributed by atoms with van der Waals surface area (Å²) in [6.07, 6.45) is 7.32. The zero-order chi connectivity index (χ0) is 20.7. The maximum Gasteiger partial charge on any atom is 0.246 e. The number of ether oxygens (including phenoxy) is 3. The van der Waals surface area contributed by atoms with E-state index in [0.717, 1.165) is 49.7 Å². The molecule has 0 radical (unpaired) electrons. The molecule has 0 aromatic carbocycles. The highest BCUT2D eigenvalue weighted by atomic mass is 16.5. The normalized spacial score (nSPS) is 36.7. The SMILES string of the molecule is Cc1ccnc2c1[C@H]1CC[C@H](C1)OCC1C(CCCC13COCC(=O)N3)C(=O)CO2. The maximum atomic E-state index is 13.3. The van der Waals surface area contributed by atoms with Crippen molar-refractivity contribution in [2.45, 2.75) is 63.0 Å². The number of carbonyl (C=O) groups excluding carboxylic acids is 2. The lowest BCUT2D eigenvalue weighted by Crippen LogP contribution is -2.66. The van der Waals surface area contributed by atoms with E-state index in [2.05, 4.69) is 17.2 Å². The number of nitrogens with zero attached hydrogens (tertiary/aromatic N) is 1. The van der Waals surface area contributed by atoms with Crippen LogP contribution in [0.3, 0.4) is 0 Å². The van der Waals surface area contributed by atoms with E-state index in [0.29, 0.717) is 25.0 Å². The lowest BCUT2D eigenvalue weighted by molar-refractivity contribution is -0.150. The number of aryl methyl sites for hydroxylation is 1. The Labute approximate surface area is 176 Å². The fraction of sp³-hybridized carbons (Fsp3) is 0.696. The van der Waals surface area contributed by atoms with E-state index in [1.165, 1.54) is 0 Å². The van der Waals surface area contributed by atoms with Crippen LogP contribution in [0.5, 0.6) is 5.88 Å². The molecule has 1 spiro atoms. The number of Topliss-reactive ketones (excluding diaryl/α,β-unsaturated/α-hetero) is 1. The van der Waals surface area contributed by atoms with Gasteiger partial charge in [0.05, 0.1) is 24.9 Å². The standard InChI is InChI=1S/C23H30N2O5/c1-14-6-8-24-22-21(14)15-4-5-16(9-15)29-10-18-17(19(26)11-30-22)3-2-7-23(18)13-28-12-20(27)25-23/h6,8,15-18H,2-5,7,9-13H2,1H3,(H,25,27)/t15-,16+,17?,18?,23?/m0/s1. The average Bonchev–Trinajstić information content (AvgIpc) is 3.18. The number of ketones is 1. The zero-order valence-electron chi connectivity index (χ0n) is 17.5. The van der Waals surface area contributed by atoms with Crippen molar-refractivity contribution in [1.29, 1.82) is 0 Å². The highest BCUT2D eigenvalue weighted by molar-refractivity contribution is 5.84. The lowest BCUT2D eigenvalue weighted by Gasteiger charge is -2.49. The van der Waals surface area contributed by atoms with Crippen LogP contribution in [0.2, 0.25) is 0 Å². The largest absolute Gasteiger partial charge is 0.469 e. The highest BCUT2D eigenvalue weighted by Crippen LogP contribution is 2.44. The Morgan fingerprint density at radius 1 is 1.20 bits per heavy atom. The first-order valence-electron chi connectivity index (χ1n) is 11.2. The van der Waals surface area contributed by atoms with Crippen molar-refractivity contribution in [3.8, 4) is 5.88 Å². The van der Waals surface area contributed by atoms with Gasteiger partial charge in [0.2, 0.25) is 11.8 Å². The lowest BCUT2D eigenvalue weighted by atomic mass is 9.65. The molecular weight excluding hydrogens is 384 g/mol. The van der Waals surface area contributed by atoms with Crippen LogP contribution in [0.15, 0.2) is 12.3 Å². The third-order valence-electron chi connectivity index (χ3n) is 7.56. The van der Waals surface area contributed by atoms with Gasteiger partial charge in [-0.2, -0.15) is 0 Å². The van der Waals surface area contributed by atoms with Gasteiger partial charge in [-0.05, 0) is 56.6 Å². The monoisotopic (exact) mass is 414 g/mol. The number of amides is 1. The van der Waals surface area contributed by atoms with Gasteiger partial charge in [-0.1, -0.05) is 6.42 Å². The predicted octanol–water partition coefficient (Wildman–Crippen LogP) is 2.31. The number of hydrogen-bond donors (Lipinski definition) is 1. The number of aromatic nitrogens is 1. The summed E-state index contributed by atoms with van der Waals surface area (Å²) in [6.45, 7) is 3.08. The first-order chi connectivity index (χ1) is 14.6. The summed E-state index contributed by atoms with van der Waals surface area (Å²) in [5.74, 6) is 0.560. The Morgan fingerprint density at radius 2 is 2.10 bits per heavy atom. The molecule has 30 heavy (non-hydrogen) atoms. The summed E-state index contributed by atoms with van der Waals surface area (Å²) in [5, 5.41) is 3.18. The van der Waals surface area contributed by atoms with Gasteiger partial charge in [0.1, 0.15) is 13.2 Å². The number of morpholine rings is 1. The predicted molar refractivity (Wildman–Crippen MR) is 108 cm³/mol. The molecule has 1 amide bonds. The number of fused-ring (bicyclic) bond motifs is 6. The van der Waals surface area contributed by atoms with E-state index < -0.39 is 5.54 Å². The summed E-state index contributed by atoms with van der Waals surface area (Å²) < 4.78 is 18.1. The molecule has 5 rings (SSSR count). The van der Waals surface area contributed by atoms with E-state index in [1.54, 1.807) is 6.20 Å². The molecule has 1 saturated heterocycles. The minimum atomic E-state index is -0.525. The van der Waals surface area contributed by atoms with Crippen LogP contribution in [-0.2, 0) is 19.1 Å². The van der Waals surface area contributed by atoms with Gasteiger partial charge in [-0.15, -0.1) is 0 Å². The van der Waals surface area contributed by atoms with Crippen LogP contribution in [0.1, 0.15) is 55.6 Å². The molecule has 7 heteroatoms. The molecule has 5 atom stereocenters. The summed E-state index contributed by atoms with van der Waals surface area (Å²) in [5.41, 5.74) is 1.76. The van der Waals surface area contributed by atoms with Gasteiger partial charge in [0.15, 0.2) is 5.78 Å². The fourth-order valence-electron chi connectivity index (χ4n) is 6.08. The average molecular weight is 415 g/mol. The van der Waals surface area contributed by atoms with E-state index in [4.69, 9.17) is 14.2 Å². The minimum absolute atomic E-state index is 0.00561. The molecular formula is C23H30N2O5. The topological polar surface area (TPSA) is 86.8 Å². The molecule has 2 saturated carbocycles. The molecule has 7 nitrogen and oxygen atoms in total. The second-order valence-corrected chi connectivity index (χ2v) is 9.37. The van der Waals surface area contributed by atoms with Crippen molar-refractivity contribution in [2.75, 3.05) is 26.4 Å². The molecule has 3 unspecified atom stereocenters. The van der Waals surface area contributed by atoms with E-state index >= 15 is 0 Å². The molecule has 4 aliphatic rings. The van der Waals surface area contributed by atoms with Crippen molar-refractivity contribution >= 4 is 11.7 Å². The van der Waals surface area contributed by atoms with E-state index in [1.807, 2.05) is 6.07 Å². The number of pyridine rings is 1. The van der Waals surface area contributed by atoms with Crippen molar-refractivity contribution in [3.63, 3.8) is 0 Å². The second kappa shape index (κ2) is 7.93. The van der Waals surface area contributed by atoms with Gasteiger partial charge < -0.3 is 19.5 Å². The summed E-state index contributed by atoms with van der Waals surface area (Å²) >= 11 is 0. The van der Waals surface area contributed by atoms with Crippen LogP contribution < -0.4 is 10.1 Å². The van der Waals surface area contributed by atoms with Crippen molar-refractivity contribution in [1.82, 2.24) is 10.3 Å². The summed E-state index contributed by atoms with van der Waals surface area (Å²) in [7, 11) is 0. The first-order valence-corrected chi connectivity index (χ1v) is 11.2. The molecule has 2 aliphatic carbocycles. The highest BCUT2D eigenvalue weighted by Gasteiger charge is 2.51. The van der Waals surface area contributed by atoms with Crippen LogP contribution in [-0.4, -0.2) is 54.7 Å². The Bertz CT molecular complexity index is 839. The number of rotatable bonds is 0. The first kappa shape index (κ1) is 19.9. The van der Waals surface area contributed by atoms with Crippen molar-refractivity contribution in [2.24, 2.45) is 11.8 Å². The van der Waals surface area contributed by atoms with Crippen LogP contribution in [0.4, 0.5) is 0 Å². The van der Waals surface area contributed by atoms with Crippen molar-refractivity contribution in [3.05, 3.63) is 23.4 Å². The van der Waals surface area contributed by atoms with Gasteiger partial charge in [-0.25, -0.2) is 4.98 Å². The van der Waals surface area contributed by atoms with Gasteiger partial charge in [0, 0.05) is 23.6 Å². The third kappa shape index (κ3) is 3.52. The fourth-order valence-corrected chi connectivity index (χ4v) is 6.08. The Hall–Kier alpha value is -1.99. The van der Waals surface area contributed by atoms with Gasteiger partial charge in [-0.3, -0.25) is 9.59 Å². The van der Waals surface area contributed by atoms with Crippen LogP contribution >= 0.6 is 0 Å². The smallest absolute Gasteiger partial charge is 0.246 e. The molecule has 162 valence electrons. The van der Waals surface area contributed by atoms with E-state index in [9.17, 15) is 9.59 Å². The summed E-state index contributed by atoms with van der Waals surface area (Å²) in [4.78, 5) is 29.9. The number of nitrogens with one attached hydrogen (secondary N) is 1. The quantitative estimate of drug-likeness (QED) is 0.701.